The molecule has 8 nitrogen and oxygen atoms in total. The number of hydrogen-bond acceptors (Lipinski definition) is 5. The predicted molar refractivity (Wildman–Crippen MR) is 95.5 cm³/mol. The summed E-state index contributed by atoms with van der Waals surface area (Å²) in [5.74, 6) is 0.142. The van der Waals surface area contributed by atoms with E-state index in [1.807, 2.05) is 7.05 Å². The number of carboxylic acid groups (broad SMARTS) is 1. The van der Waals surface area contributed by atoms with Crippen LogP contribution in [-0.4, -0.2) is 64.9 Å². The van der Waals surface area contributed by atoms with E-state index < -0.39 is 12.1 Å². The molecule has 1 rings (SSSR count). The lowest BCUT2D eigenvalue weighted by Gasteiger charge is -2.23. The summed E-state index contributed by atoms with van der Waals surface area (Å²) in [6.45, 7) is 6.98. The lowest BCUT2D eigenvalue weighted by molar-refractivity contribution is -0.122. The number of urea groups is 1. The van der Waals surface area contributed by atoms with Crippen molar-refractivity contribution in [3.63, 3.8) is 0 Å². The Bertz CT molecular complexity index is 508. The van der Waals surface area contributed by atoms with Gasteiger partial charge in [-0.25, -0.2) is 4.79 Å². The second-order valence-corrected chi connectivity index (χ2v) is 5.91. The first-order chi connectivity index (χ1) is 11.7. The number of benzene rings is 1. The predicted octanol–water partition coefficient (Wildman–Crippen LogP) is 1.15. The molecule has 0 aromatic heterocycles. The summed E-state index contributed by atoms with van der Waals surface area (Å²) in [4.78, 5) is 22.3. The largest absolute Gasteiger partial charge is 0.508 e. The summed E-state index contributed by atoms with van der Waals surface area (Å²) in [5.41, 5.74) is 0.644. The smallest absolute Gasteiger partial charge is 0.315 e. The minimum absolute atomic E-state index is 0.142. The number of rotatable bonds is 7. The topological polar surface area (TPSA) is 122 Å². The number of aromatic hydroxyl groups is 1. The molecular formula is C17H29N3O5. The molecule has 0 heterocycles. The van der Waals surface area contributed by atoms with Crippen molar-refractivity contribution in [1.82, 2.24) is 15.5 Å². The average Bonchev–Trinajstić information content (AvgIpc) is 2.55. The van der Waals surface area contributed by atoms with E-state index in [0.717, 1.165) is 6.54 Å². The molecule has 142 valence electrons. The molecular weight excluding hydrogens is 326 g/mol. The van der Waals surface area contributed by atoms with Gasteiger partial charge in [-0.2, -0.15) is 0 Å². The molecule has 25 heavy (non-hydrogen) atoms. The number of nitrogens with zero attached hydrogens (tertiary/aromatic N) is 1. The van der Waals surface area contributed by atoms with Gasteiger partial charge in [0.2, 0.25) is 0 Å². The monoisotopic (exact) mass is 355 g/mol. The number of nitrogens with one attached hydrogen (secondary N) is 2. The maximum absolute atomic E-state index is 11.8. The third-order valence-corrected chi connectivity index (χ3v) is 3.70. The van der Waals surface area contributed by atoms with Crippen LogP contribution < -0.4 is 10.6 Å². The highest BCUT2D eigenvalue weighted by atomic mass is 16.3. The summed E-state index contributed by atoms with van der Waals surface area (Å²) in [5, 5.41) is 31.8. The molecule has 0 aliphatic heterocycles. The number of likely N-dealkylation sites (N-methyl/N-ethyl adjacent to an activating group) is 1. The molecule has 0 aliphatic carbocycles. The van der Waals surface area contributed by atoms with Gasteiger partial charge in [-0.05, 0) is 45.5 Å². The zero-order valence-electron chi connectivity index (χ0n) is 15.1. The highest BCUT2D eigenvalue weighted by molar-refractivity contribution is 5.74. The maximum Gasteiger partial charge on any atom is 0.315 e. The molecule has 2 amide bonds. The minimum Gasteiger partial charge on any atom is -0.508 e. The summed E-state index contributed by atoms with van der Waals surface area (Å²) in [6, 6.07) is 5.97. The fourth-order valence-electron chi connectivity index (χ4n) is 1.90. The quantitative estimate of drug-likeness (QED) is 0.468. The number of amides is 2. The molecule has 2 atom stereocenters. The molecule has 0 bridgehead atoms. The van der Waals surface area contributed by atoms with E-state index in [-0.39, 0.29) is 18.3 Å². The number of aliphatic hydroxyl groups is 1. The first-order valence-electron chi connectivity index (χ1n) is 8.02. The van der Waals surface area contributed by atoms with E-state index in [1.54, 1.807) is 19.1 Å². The number of hydrogen-bond donors (Lipinski definition) is 5. The standard InChI is InChI=1S/C16H27N3O3.CH2O2/c1-11(2)19(4)10-9-17-16(22)18-12(3)15(21)13-5-7-14(20)8-6-13;2-1-3/h5-8,11-12,15,20-21H,9-10H2,1-4H3,(H2,17,18,22);1H,(H,2,3)/t12-,15-;/m1./s1. The van der Waals surface area contributed by atoms with E-state index in [9.17, 15) is 15.0 Å². The molecule has 0 spiro atoms. The lowest BCUT2D eigenvalue weighted by atomic mass is 10.0. The average molecular weight is 355 g/mol. The molecule has 0 unspecified atom stereocenters. The molecule has 8 heteroatoms. The van der Waals surface area contributed by atoms with Crippen LogP contribution in [-0.2, 0) is 4.79 Å². The Labute approximate surface area is 148 Å². The third kappa shape index (κ3) is 9.53. The van der Waals surface area contributed by atoms with Gasteiger partial charge >= 0.3 is 6.03 Å². The van der Waals surface area contributed by atoms with Crippen molar-refractivity contribution >= 4 is 12.5 Å². The van der Waals surface area contributed by atoms with Crippen LogP contribution in [0.25, 0.3) is 0 Å². The van der Waals surface area contributed by atoms with Crippen LogP contribution >= 0.6 is 0 Å². The Morgan fingerprint density at radius 3 is 2.24 bits per heavy atom. The first-order valence-corrected chi connectivity index (χ1v) is 8.02. The van der Waals surface area contributed by atoms with Crippen molar-refractivity contribution in [2.24, 2.45) is 0 Å². The maximum atomic E-state index is 11.8. The van der Waals surface area contributed by atoms with Crippen molar-refractivity contribution < 1.29 is 24.9 Å². The van der Waals surface area contributed by atoms with Crippen LogP contribution in [0.2, 0.25) is 0 Å². The lowest BCUT2D eigenvalue weighted by Crippen LogP contribution is -2.45. The summed E-state index contributed by atoms with van der Waals surface area (Å²) in [6.07, 6.45) is -0.829. The van der Waals surface area contributed by atoms with Gasteiger partial charge in [0, 0.05) is 19.1 Å². The number of phenolic OH excluding ortho intramolecular Hbond substituents is 1. The fraction of sp³-hybridized carbons (Fsp3) is 0.529. The van der Waals surface area contributed by atoms with E-state index in [1.165, 1.54) is 12.1 Å². The first kappa shape index (κ1) is 22.7. The van der Waals surface area contributed by atoms with Crippen LogP contribution in [0.15, 0.2) is 24.3 Å². The van der Waals surface area contributed by atoms with Crippen molar-refractivity contribution in [3.05, 3.63) is 29.8 Å². The fourth-order valence-corrected chi connectivity index (χ4v) is 1.90. The van der Waals surface area contributed by atoms with Gasteiger partial charge in [0.15, 0.2) is 0 Å². The van der Waals surface area contributed by atoms with Gasteiger partial charge in [0.05, 0.1) is 12.1 Å². The van der Waals surface area contributed by atoms with E-state index in [4.69, 9.17) is 9.90 Å². The molecule has 0 fully saturated rings. The number of carbonyl (C=O) groups excluding carboxylic acids is 1. The normalized spacial score (nSPS) is 12.8. The molecule has 0 saturated carbocycles. The number of aliphatic hydroxyl groups excluding tert-OH is 1. The van der Waals surface area contributed by atoms with E-state index in [2.05, 4.69) is 29.4 Å². The molecule has 1 aromatic carbocycles. The van der Waals surface area contributed by atoms with Crippen molar-refractivity contribution in [1.29, 1.82) is 0 Å². The molecule has 1 aromatic rings. The van der Waals surface area contributed by atoms with Crippen molar-refractivity contribution in [2.75, 3.05) is 20.1 Å². The van der Waals surface area contributed by atoms with E-state index in [0.29, 0.717) is 18.2 Å². The highest BCUT2D eigenvalue weighted by Gasteiger charge is 2.18. The van der Waals surface area contributed by atoms with Crippen molar-refractivity contribution in [2.45, 2.75) is 39.0 Å². The molecule has 0 aliphatic rings. The Balaban J connectivity index is 0.00000178. The van der Waals surface area contributed by atoms with Gasteiger partial charge in [0.25, 0.3) is 6.47 Å². The second-order valence-electron chi connectivity index (χ2n) is 5.91. The van der Waals surface area contributed by atoms with Crippen LogP contribution in [0.3, 0.4) is 0 Å². The zero-order chi connectivity index (χ0) is 19.4. The Kier molecular flexibility index (Phi) is 11.0. The van der Waals surface area contributed by atoms with Gasteiger partial charge < -0.3 is 30.9 Å². The summed E-state index contributed by atoms with van der Waals surface area (Å²) < 4.78 is 0. The molecule has 0 saturated heterocycles. The van der Waals surface area contributed by atoms with Crippen LogP contribution in [0.4, 0.5) is 4.79 Å². The highest BCUT2D eigenvalue weighted by Crippen LogP contribution is 2.19. The molecule has 5 N–H and O–H groups in total. The van der Waals surface area contributed by atoms with Gasteiger partial charge in [0.1, 0.15) is 5.75 Å². The molecule has 0 radical (unpaired) electrons. The van der Waals surface area contributed by atoms with Gasteiger partial charge in [-0.1, -0.05) is 12.1 Å². The SMILES string of the molecule is CC(C)N(C)CCNC(=O)N[C@H](C)[C@@H](O)c1ccc(O)cc1.O=CO. The van der Waals surface area contributed by atoms with E-state index >= 15 is 0 Å². The van der Waals surface area contributed by atoms with Gasteiger partial charge in [-0.15, -0.1) is 0 Å². The third-order valence-electron chi connectivity index (χ3n) is 3.70. The minimum atomic E-state index is -0.829. The van der Waals surface area contributed by atoms with Crippen molar-refractivity contribution in [3.8, 4) is 5.75 Å². The zero-order valence-corrected chi connectivity index (χ0v) is 15.1. The second kappa shape index (κ2) is 12.1. The Morgan fingerprint density at radius 2 is 1.76 bits per heavy atom. The summed E-state index contributed by atoms with van der Waals surface area (Å²) in [7, 11) is 2.00. The van der Waals surface area contributed by atoms with Gasteiger partial charge in [-0.3, -0.25) is 4.79 Å². The van der Waals surface area contributed by atoms with Crippen LogP contribution in [0, 0.1) is 0 Å². The Morgan fingerprint density at radius 1 is 1.24 bits per heavy atom. The number of carbonyl (C=O) groups is 2. The van der Waals surface area contributed by atoms with Crippen LogP contribution in [0.1, 0.15) is 32.4 Å². The summed E-state index contributed by atoms with van der Waals surface area (Å²) >= 11 is 0. The number of phenols is 1. The Hall–Kier alpha value is -2.32. The van der Waals surface area contributed by atoms with Crippen LogP contribution in [0.5, 0.6) is 5.75 Å².